The van der Waals surface area contributed by atoms with Crippen LogP contribution < -0.4 is 9.47 Å². The van der Waals surface area contributed by atoms with Crippen molar-refractivity contribution < 1.29 is 9.47 Å². The van der Waals surface area contributed by atoms with E-state index in [9.17, 15) is 0 Å². The Balaban J connectivity index is 2.18. The molecule has 2 aromatic rings. The van der Waals surface area contributed by atoms with Gasteiger partial charge in [-0.2, -0.15) is 0 Å². The van der Waals surface area contributed by atoms with Crippen LogP contribution in [-0.4, -0.2) is 7.11 Å². The molecule has 20 heavy (non-hydrogen) atoms. The zero-order chi connectivity index (χ0) is 14.5. The highest BCUT2D eigenvalue weighted by Gasteiger charge is 2.11. The van der Waals surface area contributed by atoms with Gasteiger partial charge in [0.25, 0.3) is 0 Å². The fourth-order valence-corrected chi connectivity index (χ4v) is 2.59. The van der Waals surface area contributed by atoms with Crippen molar-refractivity contribution in [1.29, 1.82) is 0 Å². The molecule has 0 radical (unpaired) electrons. The Morgan fingerprint density at radius 2 is 1.80 bits per heavy atom. The molecule has 0 bridgehead atoms. The Morgan fingerprint density at radius 1 is 1.10 bits per heavy atom. The van der Waals surface area contributed by atoms with Gasteiger partial charge in [-0.25, -0.2) is 0 Å². The van der Waals surface area contributed by atoms with Crippen LogP contribution in [0.25, 0.3) is 0 Å². The second-order valence-corrected chi connectivity index (χ2v) is 5.64. The Bertz CT molecular complexity index is 582. The van der Waals surface area contributed by atoms with Gasteiger partial charge in [-0.3, -0.25) is 0 Å². The van der Waals surface area contributed by atoms with Crippen LogP contribution in [0.1, 0.15) is 16.7 Å². The Kier molecular flexibility index (Phi) is 5.32. The third-order valence-corrected chi connectivity index (χ3v) is 3.84. The van der Waals surface area contributed by atoms with Crippen LogP contribution >= 0.6 is 27.5 Å². The molecule has 0 N–H and O–H groups in total. The molecule has 0 heterocycles. The molecule has 0 aliphatic heterocycles. The molecule has 0 saturated heterocycles. The summed E-state index contributed by atoms with van der Waals surface area (Å²) in [5, 5.41) is 0. The number of halogens is 2. The van der Waals surface area contributed by atoms with E-state index in [1.807, 2.05) is 12.1 Å². The molecule has 2 aromatic carbocycles. The second kappa shape index (κ2) is 7.00. The van der Waals surface area contributed by atoms with Crippen molar-refractivity contribution in [2.75, 3.05) is 7.11 Å². The first kappa shape index (κ1) is 15.2. The van der Waals surface area contributed by atoms with Crippen LogP contribution in [0.5, 0.6) is 11.5 Å². The first-order valence-corrected chi connectivity index (χ1v) is 7.57. The average Bonchev–Trinajstić information content (AvgIpc) is 2.47. The molecule has 0 spiro atoms. The van der Waals surface area contributed by atoms with Gasteiger partial charge in [0.2, 0.25) is 0 Å². The van der Waals surface area contributed by atoms with E-state index in [0.717, 1.165) is 15.6 Å². The van der Waals surface area contributed by atoms with Crippen molar-refractivity contribution >= 4 is 27.5 Å². The normalized spacial score (nSPS) is 10.4. The molecule has 106 valence electrons. The summed E-state index contributed by atoms with van der Waals surface area (Å²) >= 11 is 9.35. The van der Waals surface area contributed by atoms with Crippen molar-refractivity contribution in [2.24, 2.45) is 0 Å². The van der Waals surface area contributed by atoms with Gasteiger partial charge in [0.05, 0.1) is 11.6 Å². The fourth-order valence-electron chi connectivity index (χ4n) is 1.83. The quantitative estimate of drug-likeness (QED) is 0.696. The lowest BCUT2D eigenvalue weighted by molar-refractivity contribution is 0.282. The molecular weight excluding hydrogens is 340 g/mol. The zero-order valence-corrected chi connectivity index (χ0v) is 13.8. The lowest BCUT2D eigenvalue weighted by Crippen LogP contribution is -1.99. The predicted molar refractivity (Wildman–Crippen MR) is 85.8 cm³/mol. The summed E-state index contributed by atoms with van der Waals surface area (Å²) in [5.41, 5.74) is 3.34. The third kappa shape index (κ3) is 3.68. The molecule has 0 aliphatic rings. The van der Waals surface area contributed by atoms with Crippen LogP contribution in [-0.2, 0) is 12.5 Å². The van der Waals surface area contributed by atoms with E-state index in [4.69, 9.17) is 21.1 Å². The van der Waals surface area contributed by atoms with Gasteiger partial charge in [-0.15, -0.1) is 11.6 Å². The van der Waals surface area contributed by atoms with Crippen molar-refractivity contribution in [3.8, 4) is 11.5 Å². The van der Waals surface area contributed by atoms with Gasteiger partial charge < -0.3 is 9.47 Å². The molecule has 0 saturated carbocycles. The maximum Gasteiger partial charge on any atom is 0.175 e. The highest BCUT2D eigenvalue weighted by atomic mass is 79.9. The van der Waals surface area contributed by atoms with Crippen molar-refractivity contribution in [3.63, 3.8) is 0 Å². The van der Waals surface area contributed by atoms with Crippen molar-refractivity contribution in [3.05, 3.63) is 57.6 Å². The van der Waals surface area contributed by atoms with Gasteiger partial charge in [0.1, 0.15) is 6.61 Å². The second-order valence-electron chi connectivity index (χ2n) is 4.52. The smallest absolute Gasteiger partial charge is 0.175 e. The van der Waals surface area contributed by atoms with Gasteiger partial charge in [0, 0.05) is 5.88 Å². The van der Waals surface area contributed by atoms with E-state index in [-0.39, 0.29) is 0 Å². The summed E-state index contributed by atoms with van der Waals surface area (Å²) in [4.78, 5) is 0. The summed E-state index contributed by atoms with van der Waals surface area (Å²) < 4.78 is 12.1. The molecule has 0 aliphatic carbocycles. The number of aryl methyl sites for hydroxylation is 1. The summed E-state index contributed by atoms with van der Waals surface area (Å²) in [6.45, 7) is 2.56. The molecule has 0 amide bonds. The van der Waals surface area contributed by atoms with E-state index >= 15 is 0 Å². The van der Waals surface area contributed by atoms with Crippen LogP contribution in [0.15, 0.2) is 40.9 Å². The third-order valence-electron chi connectivity index (χ3n) is 2.95. The minimum Gasteiger partial charge on any atom is -0.493 e. The fraction of sp³-hybridized carbons (Fsp3) is 0.250. The summed E-state index contributed by atoms with van der Waals surface area (Å²) in [6.07, 6.45) is 0. The SMILES string of the molecule is COc1cc(CCl)cc(Br)c1OCc1ccc(C)cc1. The van der Waals surface area contributed by atoms with E-state index in [1.54, 1.807) is 7.11 Å². The lowest BCUT2D eigenvalue weighted by atomic mass is 10.2. The highest BCUT2D eigenvalue weighted by Crippen LogP contribution is 2.37. The summed E-state index contributed by atoms with van der Waals surface area (Å²) in [6, 6.07) is 12.1. The Hall–Kier alpha value is -1.19. The standard InChI is InChI=1S/C16H16BrClO2/c1-11-3-5-12(6-4-11)10-20-16-14(17)7-13(9-18)8-15(16)19-2/h3-8H,9-10H2,1-2H3. The van der Waals surface area contributed by atoms with Crippen LogP contribution in [0.3, 0.4) is 0 Å². The molecule has 0 atom stereocenters. The molecular formula is C16H16BrClO2. The zero-order valence-electron chi connectivity index (χ0n) is 11.5. The van der Waals surface area contributed by atoms with Crippen LogP contribution in [0.4, 0.5) is 0 Å². The Labute approximate surface area is 132 Å². The van der Waals surface area contributed by atoms with Crippen LogP contribution in [0.2, 0.25) is 0 Å². The van der Waals surface area contributed by atoms with E-state index in [1.165, 1.54) is 5.56 Å². The monoisotopic (exact) mass is 354 g/mol. The maximum atomic E-state index is 5.87. The van der Waals surface area contributed by atoms with Crippen LogP contribution in [0, 0.1) is 6.92 Å². The van der Waals surface area contributed by atoms with Gasteiger partial charge in [-0.05, 0) is 46.1 Å². The number of hydrogen-bond donors (Lipinski definition) is 0. The minimum atomic E-state index is 0.438. The molecule has 0 unspecified atom stereocenters. The largest absolute Gasteiger partial charge is 0.493 e. The number of rotatable bonds is 5. The lowest BCUT2D eigenvalue weighted by Gasteiger charge is -2.14. The van der Waals surface area contributed by atoms with E-state index in [0.29, 0.717) is 24.0 Å². The highest BCUT2D eigenvalue weighted by molar-refractivity contribution is 9.10. The average molecular weight is 356 g/mol. The summed E-state index contributed by atoms with van der Waals surface area (Å²) in [7, 11) is 1.62. The Morgan fingerprint density at radius 3 is 2.40 bits per heavy atom. The van der Waals surface area contributed by atoms with Crippen molar-refractivity contribution in [1.82, 2.24) is 0 Å². The first-order chi connectivity index (χ1) is 9.63. The predicted octanol–water partition coefficient (Wildman–Crippen LogP) is 5.08. The minimum absolute atomic E-state index is 0.438. The first-order valence-electron chi connectivity index (χ1n) is 6.24. The van der Waals surface area contributed by atoms with E-state index < -0.39 is 0 Å². The molecule has 2 rings (SSSR count). The molecule has 0 fully saturated rings. The number of benzene rings is 2. The van der Waals surface area contributed by atoms with Gasteiger partial charge in [-0.1, -0.05) is 29.8 Å². The van der Waals surface area contributed by atoms with E-state index in [2.05, 4.69) is 47.1 Å². The molecule has 2 nitrogen and oxygen atoms in total. The maximum absolute atomic E-state index is 5.87. The summed E-state index contributed by atoms with van der Waals surface area (Å²) in [5.74, 6) is 1.82. The number of methoxy groups -OCH3 is 1. The molecule has 4 heteroatoms. The number of alkyl halides is 1. The number of hydrogen-bond acceptors (Lipinski definition) is 2. The number of ether oxygens (including phenoxy) is 2. The molecule has 0 aromatic heterocycles. The van der Waals surface area contributed by atoms with Gasteiger partial charge >= 0.3 is 0 Å². The topological polar surface area (TPSA) is 18.5 Å². The van der Waals surface area contributed by atoms with Gasteiger partial charge in [0.15, 0.2) is 11.5 Å². The van der Waals surface area contributed by atoms with Crippen molar-refractivity contribution in [2.45, 2.75) is 19.4 Å².